The smallest absolute Gasteiger partial charge is 0.309 e. The Kier molecular flexibility index (Phi) is 20.8. The predicted octanol–water partition coefficient (Wildman–Crippen LogP) is 8.51. The highest BCUT2D eigenvalue weighted by atomic mass is 16.5. The van der Waals surface area contributed by atoms with E-state index in [4.69, 9.17) is 9.47 Å². The molecule has 0 aromatic rings. The van der Waals surface area contributed by atoms with Crippen molar-refractivity contribution >= 4 is 11.9 Å². The standard InChI is InChI=1S/C29H56O4/c1-7-9-18-22-32-27(30)21-17-15-13-11-12-14-16-20-26(24(3)4)28(25(5)6)29(31)33-23-19-10-8-2/h24-26,28H,7-23H2,1-6H3. The van der Waals surface area contributed by atoms with E-state index in [-0.39, 0.29) is 17.9 Å². The summed E-state index contributed by atoms with van der Waals surface area (Å²) in [5.41, 5.74) is 0. The summed E-state index contributed by atoms with van der Waals surface area (Å²) in [6.45, 7) is 14.3. The number of hydrogen-bond acceptors (Lipinski definition) is 4. The van der Waals surface area contributed by atoms with Crippen LogP contribution in [-0.2, 0) is 19.1 Å². The molecule has 0 heterocycles. The molecule has 0 aliphatic carbocycles. The summed E-state index contributed by atoms with van der Waals surface area (Å²) in [7, 11) is 0. The summed E-state index contributed by atoms with van der Waals surface area (Å²) in [4.78, 5) is 24.5. The van der Waals surface area contributed by atoms with Crippen LogP contribution in [0.4, 0.5) is 0 Å². The van der Waals surface area contributed by atoms with E-state index in [9.17, 15) is 9.59 Å². The molecule has 0 aliphatic rings. The number of carbonyl (C=O) groups is 2. The molecule has 2 unspecified atom stereocenters. The fourth-order valence-corrected chi connectivity index (χ4v) is 4.63. The summed E-state index contributed by atoms with van der Waals surface area (Å²) in [6, 6.07) is 0. The van der Waals surface area contributed by atoms with Crippen LogP contribution in [0, 0.1) is 23.7 Å². The number of carbonyl (C=O) groups excluding carboxylic acids is 2. The van der Waals surface area contributed by atoms with Gasteiger partial charge >= 0.3 is 11.9 Å². The Morgan fingerprint density at radius 3 is 1.64 bits per heavy atom. The van der Waals surface area contributed by atoms with Crippen LogP contribution in [0.3, 0.4) is 0 Å². The molecule has 0 bridgehead atoms. The van der Waals surface area contributed by atoms with Crippen LogP contribution in [0.5, 0.6) is 0 Å². The zero-order valence-electron chi connectivity index (χ0n) is 23.0. The SMILES string of the molecule is CCCCCOC(=O)CCCCCCCCCC(C(C)C)C(C(=O)OCCCCC)C(C)C. The van der Waals surface area contributed by atoms with E-state index >= 15 is 0 Å². The van der Waals surface area contributed by atoms with Crippen LogP contribution in [0.2, 0.25) is 0 Å². The minimum atomic E-state index is -0.0329. The Morgan fingerprint density at radius 2 is 1.12 bits per heavy atom. The van der Waals surface area contributed by atoms with E-state index in [0.717, 1.165) is 57.8 Å². The average Bonchev–Trinajstić information content (AvgIpc) is 2.77. The van der Waals surface area contributed by atoms with Crippen LogP contribution < -0.4 is 0 Å². The van der Waals surface area contributed by atoms with Crippen LogP contribution in [-0.4, -0.2) is 25.2 Å². The molecular weight excluding hydrogens is 412 g/mol. The maximum atomic E-state index is 12.8. The quantitative estimate of drug-likeness (QED) is 0.118. The van der Waals surface area contributed by atoms with Gasteiger partial charge in [0.1, 0.15) is 0 Å². The highest BCUT2D eigenvalue weighted by Gasteiger charge is 2.33. The molecule has 0 saturated heterocycles. The van der Waals surface area contributed by atoms with Gasteiger partial charge in [0.15, 0.2) is 0 Å². The van der Waals surface area contributed by atoms with Gasteiger partial charge in [0.25, 0.3) is 0 Å². The summed E-state index contributed by atoms with van der Waals surface area (Å²) in [5, 5.41) is 0. The van der Waals surface area contributed by atoms with Crippen LogP contribution in [0.25, 0.3) is 0 Å². The Balaban J connectivity index is 4.06. The van der Waals surface area contributed by atoms with Crippen molar-refractivity contribution in [1.29, 1.82) is 0 Å². The van der Waals surface area contributed by atoms with Crippen molar-refractivity contribution in [3.63, 3.8) is 0 Å². The molecule has 0 aliphatic heterocycles. The van der Waals surface area contributed by atoms with Crippen LogP contribution >= 0.6 is 0 Å². The fraction of sp³-hybridized carbons (Fsp3) is 0.931. The molecule has 0 fully saturated rings. The van der Waals surface area contributed by atoms with Crippen molar-refractivity contribution < 1.29 is 19.1 Å². The second kappa shape index (κ2) is 21.5. The molecule has 196 valence electrons. The topological polar surface area (TPSA) is 52.6 Å². The zero-order valence-corrected chi connectivity index (χ0v) is 23.0. The number of ether oxygens (including phenoxy) is 2. The second-order valence-corrected chi connectivity index (χ2v) is 10.5. The first-order valence-electron chi connectivity index (χ1n) is 14.2. The molecule has 33 heavy (non-hydrogen) atoms. The molecule has 4 heteroatoms. The molecule has 2 atom stereocenters. The van der Waals surface area contributed by atoms with Crippen molar-refractivity contribution in [2.45, 2.75) is 138 Å². The second-order valence-electron chi connectivity index (χ2n) is 10.5. The first-order valence-corrected chi connectivity index (χ1v) is 14.2. The lowest BCUT2D eigenvalue weighted by atomic mass is 9.74. The third kappa shape index (κ3) is 17.1. The largest absolute Gasteiger partial charge is 0.466 e. The number of rotatable bonds is 22. The molecule has 0 aromatic carbocycles. The third-order valence-corrected chi connectivity index (χ3v) is 6.73. The van der Waals surface area contributed by atoms with Crippen molar-refractivity contribution in [3.05, 3.63) is 0 Å². The van der Waals surface area contributed by atoms with Gasteiger partial charge in [0.2, 0.25) is 0 Å². The molecule has 0 N–H and O–H groups in total. The summed E-state index contributed by atoms with van der Waals surface area (Å²) in [6.07, 6.45) is 16.3. The minimum absolute atomic E-state index is 0.00774. The van der Waals surface area contributed by atoms with E-state index in [1.165, 1.54) is 32.1 Å². The van der Waals surface area contributed by atoms with Crippen molar-refractivity contribution in [1.82, 2.24) is 0 Å². The molecule has 0 rings (SSSR count). The Morgan fingerprint density at radius 1 is 0.606 bits per heavy atom. The van der Waals surface area contributed by atoms with Gasteiger partial charge < -0.3 is 9.47 Å². The van der Waals surface area contributed by atoms with Crippen LogP contribution in [0.15, 0.2) is 0 Å². The van der Waals surface area contributed by atoms with E-state index in [2.05, 4.69) is 41.5 Å². The lowest BCUT2D eigenvalue weighted by Gasteiger charge is -2.31. The van der Waals surface area contributed by atoms with E-state index in [1.807, 2.05) is 0 Å². The first-order chi connectivity index (χ1) is 15.8. The molecule has 0 radical (unpaired) electrons. The van der Waals surface area contributed by atoms with E-state index in [0.29, 0.717) is 37.4 Å². The Hall–Kier alpha value is -1.06. The molecule has 0 spiro atoms. The normalized spacial score (nSPS) is 13.3. The third-order valence-electron chi connectivity index (χ3n) is 6.73. The number of esters is 2. The van der Waals surface area contributed by atoms with Gasteiger partial charge in [-0.05, 0) is 43.4 Å². The zero-order chi connectivity index (χ0) is 24.9. The highest BCUT2D eigenvalue weighted by molar-refractivity contribution is 5.73. The van der Waals surface area contributed by atoms with E-state index < -0.39 is 0 Å². The van der Waals surface area contributed by atoms with Gasteiger partial charge in [-0.3, -0.25) is 9.59 Å². The molecule has 0 saturated carbocycles. The Labute approximate surface area is 206 Å². The van der Waals surface area contributed by atoms with Gasteiger partial charge in [-0.15, -0.1) is 0 Å². The Bertz CT molecular complexity index is 472. The maximum absolute atomic E-state index is 12.8. The maximum Gasteiger partial charge on any atom is 0.309 e. The van der Waals surface area contributed by atoms with Gasteiger partial charge in [-0.2, -0.15) is 0 Å². The van der Waals surface area contributed by atoms with Crippen molar-refractivity contribution in [2.75, 3.05) is 13.2 Å². The molecule has 0 amide bonds. The average molecular weight is 469 g/mol. The lowest BCUT2D eigenvalue weighted by Crippen LogP contribution is -2.33. The first kappa shape index (κ1) is 31.9. The van der Waals surface area contributed by atoms with Gasteiger partial charge in [0.05, 0.1) is 19.1 Å². The fourth-order valence-electron chi connectivity index (χ4n) is 4.63. The summed E-state index contributed by atoms with van der Waals surface area (Å²) < 4.78 is 10.9. The highest BCUT2D eigenvalue weighted by Crippen LogP contribution is 2.33. The van der Waals surface area contributed by atoms with Crippen LogP contribution in [0.1, 0.15) is 138 Å². The lowest BCUT2D eigenvalue weighted by molar-refractivity contribution is -0.153. The monoisotopic (exact) mass is 468 g/mol. The predicted molar refractivity (Wildman–Crippen MR) is 139 cm³/mol. The summed E-state index contributed by atoms with van der Waals surface area (Å²) in [5.74, 6) is 1.19. The van der Waals surface area contributed by atoms with Gasteiger partial charge in [-0.25, -0.2) is 0 Å². The molecule has 4 nitrogen and oxygen atoms in total. The molecular formula is C29H56O4. The van der Waals surface area contributed by atoms with Gasteiger partial charge in [0, 0.05) is 6.42 Å². The molecule has 0 aromatic heterocycles. The van der Waals surface area contributed by atoms with Gasteiger partial charge in [-0.1, -0.05) is 106 Å². The number of unbranched alkanes of at least 4 members (excludes halogenated alkanes) is 10. The van der Waals surface area contributed by atoms with Crippen molar-refractivity contribution in [2.24, 2.45) is 23.7 Å². The summed E-state index contributed by atoms with van der Waals surface area (Å²) >= 11 is 0. The van der Waals surface area contributed by atoms with Crippen molar-refractivity contribution in [3.8, 4) is 0 Å². The number of hydrogen-bond donors (Lipinski definition) is 0. The minimum Gasteiger partial charge on any atom is -0.466 e. The van der Waals surface area contributed by atoms with E-state index in [1.54, 1.807) is 0 Å².